The van der Waals surface area contributed by atoms with E-state index < -0.39 is 0 Å². The molecule has 3 heteroatoms. The molecule has 0 bridgehead atoms. The third-order valence-corrected chi connectivity index (χ3v) is 4.25. The van der Waals surface area contributed by atoms with Gasteiger partial charge in [-0.2, -0.15) is 0 Å². The van der Waals surface area contributed by atoms with Crippen LogP contribution in [-0.4, -0.2) is 13.1 Å². The Hall–Kier alpha value is -1.35. The smallest absolute Gasteiger partial charge is 0.338 e. The van der Waals surface area contributed by atoms with Gasteiger partial charge in [-0.1, -0.05) is 45.7 Å². The number of nitrogens with two attached hydrogens (primary N) is 1. The maximum Gasteiger partial charge on any atom is 0.338 e. The summed E-state index contributed by atoms with van der Waals surface area (Å²) in [4.78, 5) is 12.1. The lowest BCUT2D eigenvalue weighted by Gasteiger charge is -2.33. The van der Waals surface area contributed by atoms with Crippen LogP contribution in [0, 0.1) is 0 Å². The minimum Gasteiger partial charge on any atom is -0.465 e. The zero-order valence-electron chi connectivity index (χ0n) is 13.0. The quantitative estimate of drug-likeness (QED) is 0.840. The van der Waals surface area contributed by atoms with Crippen LogP contribution in [0.2, 0.25) is 0 Å². The second kappa shape index (κ2) is 5.21. The first-order chi connectivity index (χ1) is 9.29. The van der Waals surface area contributed by atoms with E-state index in [1.54, 1.807) is 0 Å². The lowest BCUT2D eigenvalue weighted by Crippen LogP contribution is -2.37. The highest BCUT2D eigenvalue weighted by molar-refractivity contribution is 5.92. The van der Waals surface area contributed by atoms with Crippen LogP contribution in [0.25, 0.3) is 0 Å². The van der Waals surface area contributed by atoms with Crippen LogP contribution in [0.1, 0.15) is 67.9 Å². The summed E-state index contributed by atoms with van der Waals surface area (Å²) in [6, 6.07) is 5.84. The first-order valence-electron chi connectivity index (χ1n) is 7.31. The van der Waals surface area contributed by atoms with Crippen molar-refractivity contribution in [3.63, 3.8) is 0 Å². The number of carbonyl (C=O) groups excluding carboxylic acids is 1. The summed E-state index contributed by atoms with van der Waals surface area (Å²) in [5.74, 6) is -0.279. The van der Waals surface area contributed by atoms with Gasteiger partial charge >= 0.3 is 5.97 Å². The third kappa shape index (κ3) is 2.59. The number of hydrogen-bond acceptors (Lipinski definition) is 3. The van der Waals surface area contributed by atoms with Gasteiger partial charge in [0.1, 0.15) is 0 Å². The highest BCUT2D eigenvalue weighted by atomic mass is 16.5. The second-order valence-electron chi connectivity index (χ2n) is 6.83. The van der Waals surface area contributed by atoms with Gasteiger partial charge in [0.15, 0.2) is 0 Å². The molecule has 110 valence electrons. The molecule has 0 amide bonds. The molecule has 1 aliphatic carbocycles. The van der Waals surface area contributed by atoms with Crippen molar-refractivity contribution in [3.8, 4) is 0 Å². The molecule has 0 aromatic heterocycles. The zero-order valence-corrected chi connectivity index (χ0v) is 13.0. The van der Waals surface area contributed by atoms with E-state index in [0.29, 0.717) is 5.56 Å². The van der Waals surface area contributed by atoms with E-state index in [1.165, 1.54) is 7.11 Å². The van der Waals surface area contributed by atoms with Gasteiger partial charge in [-0.05, 0) is 35.4 Å². The Kier molecular flexibility index (Phi) is 3.92. The molecule has 2 N–H and O–H groups in total. The average molecular weight is 275 g/mol. The van der Waals surface area contributed by atoms with Gasteiger partial charge in [0.25, 0.3) is 0 Å². The maximum absolute atomic E-state index is 12.1. The fourth-order valence-electron chi connectivity index (χ4n) is 3.33. The monoisotopic (exact) mass is 275 g/mol. The Labute approximate surface area is 121 Å². The standard InChI is InChI=1S/C17H25NO2/c1-16(2,3)14-12(15(19)20-4)8-7-9-13(14)17(18)10-5-6-11-17/h7-9H,5-6,10-11,18H2,1-4H3. The third-order valence-electron chi connectivity index (χ3n) is 4.25. The molecule has 0 saturated heterocycles. The predicted molar refractivity (Wildman–Crippen MR) is 80.8 cm³/mol. The number of ether oxygens (including phenoxy) is 1. The number of methoxy groups -OCH3 is 1. The van der Waals surface area contributed by atoms with Crippen molar-refractivity contribution >= 4 is 5.97 Å². The molecule has 0 spiro atoms. The summed E-state index contributed by atoms with van der Waals surface area (Å²) in [6.07, 6.45) is 4.28. The van der Waals surface area contributed by atoms with Gasteiger partial charge in [-0.3, -0.25) is 0 Å². The maximum atomic E-state index is 12.1. The fourth-order valence-corrected chi connectivity index (χ4v) is 3.33. The van der Waals surface area contributed by atoms with Crippen molar-refractivity contribution < 1.29 is 9.53 Å². The van der Waals surface area contributed by atoms with Gasteiger partial charge < -0.3 is 10.5 Å². The molecule has 2 rings (SSSR count). The Bertz CT molecular complexity index is 508. The van der Waals surface area contributed by atoms with Crippen LogP contribution in [0.15, 0.2) is 18.2 Å². The Morgan fingerprint density at radius 3 is 2.35 bits per heavy atom. The van der Waals surface area contributed by atoms with E-state index in [2.05, 4.69) is 26.8 Å². The topological polar surface area (TPSA) is 52.3 Å². The first-order valence-corrected chi connectivity index (χ1v) is 7.31. The van der Waals surface area contributed by atoms with E-state index in [9.17, 15) is 4.79 Å². The molecule has 0 radical (unpaired) electrons. The molecule has 0 heterocycles. The largest absolute Gasteiger partial charge is 0.465 e. The molecule has 0 aliphatic heterocycles. The molecule has 20 heavy (non-hydrogen) atoms. The SMILES string of the molecule is COC(=O)c1cccc(C2(N)CCCC2)c1C(C)(C)C. The molecule has 1 fully saturated rings. The van der Waals surface area contributed by atoms with Crippen LogP contribution in [0.4, 0.5) is 0 Å². The summed E-state index contributed by atoms with van der Waals surface area (Å²) >= 11 is 0. The highest BCUT2D eigenvalue weighted by Gasteiger charge is 2.37. The summed E-state index contributed by atoms with van der Waals surface area (Å²) in [6.45, 7) is 6.36. The predicted octanol–water partition coefficient (Wildman–Crippen LogP) is 3.50. The molecule has 3 nitrogen and oxygen atoms in total. The molecular weight excluding hydrogens is 250 g/mol. The van der Waals surface area contributed by atoms with Crippen LogP contribution < -0.4 is 5.73 Å². The Morgan fingerprint density at radius 1 is 1.25 bits per heavy atom. The molecule has 0 atom stereocenters. The number of esters is 1. The van der Waals surface area contributed by atoms with Crippen molar-refractivity contribution in [1.82, 2.24) is 0 Å². The summed E-state index contributed by atoms with van der Waals surface area (Å²) in [5.41, 5.74) is 9.00. The van der Waals surface area contributed by atoms with Crippen molar-refractivity contribution in [1.29, 1.82) is 0 Å². The normalized spacial score (nSPS) is 18.1. The first kappa shape index (κ1) is 15.0. The van der Waals surface area contributed by atoms with E-state index in [4.69, 9.17) is 10.5 Å². The number of hydrogen-bond donors (Lipinski definition) is 1. The van der Waals surface area contributed by atoms with Crippen molar-refractivity contribution in [2.24, 2.45) is 5.73 Å². The summed E-state index contributed by atoms with van der Waals surface area (Å²) < 4.78 is 4.94. The molecule has 1 saturated carbocycles. The van der Waals surface area contributed by atoms with Gasteiger partial charge in [0.2, 0.25) is 0 Å². The Balaban J connectivity index is 2.66. The summed E-state index contributed by atoms with van der Waals surface area (Å²) in [5, 5.41) is 0. The lowest BCUT2D eigenvalue weighted by atomic mass is 9.74. The van der Waals surface area contributed by atoms with Gasteiger partial charge in [-0.15, -0.1) is 0 Å². The number of carbonyl (C=O) groups is 1. The lowest BCUT2D eigenvalue weighted by molar-refractivity contribution is 0.0597. The summed E-state index contributed by atoms with van der Waals surface area (Å²) in [7, 11) is 1.43. The minimum absolute atomic E-state index is 0.144. The van der Waals surface area contributed by atoms with Crippen LogP contribution in [0.5, 0.6) is 0 Å². The van der Waals surface area contributed by atoms with Gasteiger partial charge in [0, 0.05) is 5.54 Å². The van der Waals surface area contributed by atoms with Crippen LogP contribution >= 0.6 is 0 Å². The van der Waals surface area contributed by atoms with Crippen molar-refractivity contribution in [3.05, 3.63) is 34.9 Å². The van der Waals surface area contributed by atoms with E-state index in [1.807, 2.05) is 12.1 Å². The van der Waals surface area contributed by atoms with E-state index in [0.717, 1.165) is 36.8 Å². The van der Waals surface area contributed by atoms with Gasteiger partial charge in [-0.25, -0.2) is 4.79 Å². The minimum atomic E-state index is -0.299. The number of rotatable bonds is 2. The van der Waals surface area contributed by atoms with Crippen LogP contribution in [0.3, 0.4) is 0 Å². The molecule has 1 aliphatic rings. The molecule has 0 unspecified atom stereocenters. The average Bonchev–Trinajstić information content (AvgIpc) is 2.84. The highest BCUT2D eigenvalue weighted by Crippen LogP contribution is 2.42. The molecule has 1 aromatic carbocycles. The number of benzene rings is 1. The zero-order chi connectivity index (χ0) is 15.0. The van der Waals surface area contributed by atoms with Gasteiger partial charge in [0.05, 0.1) is 12.7 Å². The molecule has 1 aromatic rings. The van der Waals surface area contributed by atoms with E-state index >= 15 is 0 Å². The van der Waals surface area contributed by atoms with Crippen LogP contribution in [-0.2, 0) is 15.7 Å². The second-order valence-corrected chi connectivity index (χ2v) is 6.83. The van der Waals surface area contributed by atoms with Crippen molar-refractivity contribution in [2.75, 3.05) is 7.11 Å². The molecular formula is C17H25NO2. The Morgan fingerprint density at radius 2 is 1.85 bits per heavy atom. The van der Waals surface area contributed by atoms with E-state index in [-0.39, 0.29) is 16.9 Å². The van der Waals surface area contributed by atoms with Crippen molar-refractivity contribution in [2.45, 2.75) is 57.4 Å². The fraction of sp³-hybridized carbons (Fsp3) is 0.588.